The highest BCUT2D eigenvalue weighted by Crippen LogP contribution is 2.21. The maximum atomic E-state index is 12.9. The zero-order valence-corrected chi connectivity index (χ0v) is 14.9. The van der Waals surface area contributed by atoms with Crippen molar-refractivity contribution in [3.05, 3.63) is 35.6 Å². The fourth-order valence-electron chi connectivity index (χ4n) is 2.22. The number of aliphatic hydroxyl groups is 1. The van der Waals surface area contributed by atoms with E-state index < -0.39 is 5.60 Å². The Bertz CT molecular complexity index is 488. The molecule has 124 valence electrons. The summed E-state index contributed by atoms with van der Waals surface area (Å²) in [4.78, 5) is 4.14. The highest BCUT2D eigenvalue weighted by Gasteiger charge is 2.23. The zero-order valence-electron chi connectivity index (χ0n) is 12.6. The highest BCUT2D eigenvalue weighted by molar-refractivity contribution is 14.0. The van der Waals surface area contributed by atoms with Crippen molar-refractivity contribution in [2.75, 3.05) is 19.7 Å². The van der Waals surface area contributed by atoms with Gasteiger partial charge in [-0.3, -0.25) is 4.99 Å². The maximum absolute atomic E-state index is 12.9. The molecule has 0 radical (unpaired) electrons. The molecule has 2 rings (SSSR count). The predicted octanol–water partition coefficient (Wildman–Crippen LogP) is 1.73. The number of nitrogens with zero attached hydrogens (tertiary/aromatic N) is 1. The van der Waals surface area contributed by atoms with Gasteiger partial charge in [-0.05, 0) is 37.5 Å². The summed E-state index contributed by atoms with van der Waals surface area (Å²) in [6.07, 6.45) is 2.27. The summed E-state index contributed by atoms with van der Waals surface area (Å²) in [7, 11) is 0. The SMILES string of the molecule is CC(O)(CN=C(N)NCC1CCCO1)c1ccc(F)cc1.I. The van der Waals surface area contributed by atoms with E-state index in [-0.39, 0.29) is 48.4 Å². The van der Waals surface area contributed by atoms with Gasteiger partial charge in [0.15, 0.2) is 5.96 Å². The van der Waals surface area contributed by atoms with Gasteiger partial charge in [-0.2, -0.15) is 0 Å². The molecule has 1 heterocycles. The van der Waals surface area contributed by atoms with Crippen LogP contribution in [0.1, 0.15) is 25.3 Å². The van der Waals surface area contributed by atoms with Gasteiger partial charge in [-0.15, -0.1) is 24.0 Å². The summed E-state index contributed by atoms with van der Waals surface area (Å²) in [5.41, 5.74) is 5.18. The zero-order chi connectivity index (χ0) is 15.3. The summed E-state index contributed by atoms with van der Waals surface area (Å²) >= 11 is 0. The van der Waals surface area contributed by atoms with Crippen LogP contribution < -0.4 is 11.1 Å². The molecule has 2 atom stereocenters. The minimum Gasteiger partial charge on any atom is -0.384 e. The van der Waals surface area contributed by atoms with Crippen LogP contribution in [0.5, 0.6) is 0 Å². The highest BCUT2D eigenvalue weighted by atomic mass is 127. The van der Waals surface area contributed by atoms with E-state index in [9.17, 15) is 9.50 Å². The fraction of sp³-hybridized carbons (Fsp3) is 0.533. The lowest BCUT2D eigenvalue weighted by Gasteiger charge is -2.22. The van der Waals surface area contributed by atoms with Crippen LogP contribution in [0.4, 0.5) is 4.39 Å². The molecule has 0 saturated carbocycles. The molecule has 1 aliphatic rings. The van der Waals surface area contributed by atoms with Crippen molar-refractivity contribution >= 4 is 29.9 Å². The third-order valence-corrected chi connectivity index (χ3v) is 3.56. The fourth-order valence-corrected chi connectivity index (χ4v) is 2.22. The molecule has 0 amide bonds. The van der Waals surface area contributed by atoms with Crippen molar-refractivity contribution in [3.8, 4) is 0 Å². The first-order valence-electron chi connectivity index (χ1n) is 7.11. The first-order chi connectivity index (χ1) is 9.97. The summed E-state index contributed by atoms with van der Waals surface area (Å²) in [6.45, 7) is 3.14. The Morgan fingerprint density at radius 1 is 1.50 bits per heavy atom. The number of ether oxygens (including phenoxy) is 1. The molecule has 1 aromatic carbocycles. The van der Waals surface area contributed by atoms with Crippen LogP contribution >= 0.6 is 24.0 Å². The lowest BCUT2D eigenvalue weighted by molar-refractivity contribution is 0.0672. The average Bonchev–Trinajstić information content (AvgIpc) is 2.97. The summed E-state index contributed by atoms with van der Waals surface area (Å²) in [6, 6.07) is 5.71. The number of nitrogens with one attached hydrogen (secondary N) is 1. The Labute approximate surface area is 147 Å². The Hall–Kier alpha value is -0.930. The van der Waals surface area contributed by atoms with E-state index in [2.05, 4.69) is 10.3 Å². The predicted molar refractivity (Wildman–Crippen MR) is 94.9 cm³/mol. The van der Waals surface area contributed by atoms with Crippen LogP contribution in [0, 0.1) is 5.82 Å². The molecule has 4 N–H and O–H groups in total. The third kappa shape index (κ3) is 5.69. The Morgan fingerprint density at radius 3 is 2.77 bits per heavy atom. The number of rotatable bonds is 5. The van der Waals surface area contributed by atoms with Crippen molar-refractivity contribution < 1.29 is 14.2 Å². The van der Waals surface area contributed by atoms with Gasteiger partial charge in [0.25, 0.3) is 0 Å². The van der Waals surface area contributed by atoms with E-state index in [4.69, 9.17) is 10.5 Å². The van der Waals surface area contributed by atoms with Gasteiger partial charge in [0.2, 0.25) is 0 Å². The number of benzene rings is 1. The number of hydrogen-bond acceptors (Lipinski definition) is 3. The lowest BCUT2D eigenvalue weighted by Crippen LogP contribution is -2.38. The Balaban J connectivity index is 0.00000242. The normalized spacial score (nSPS) is 21.0. The second-order valence-electron chi connectivity index (χ2n) is 5.50. The van der Waals surface area contributed by atoms with Crippen molar-refractivity contribution in [2.24, 2.45) is 10.7 Å². The smallest absolute Gasteiger partial charge is 0.188 e. The minimum absolute atomic E-state index is 0. The van der Waals surface area contributed by atoms with Crippen LogP contribution in [0.25, 0.3) is 0 Å². The van der Waals surface area contributed by atoms with Gasteiger partial charge in [0, 0.05) is 13.2 Å². The van der Waals surface area contributed by atoms with E-state index in [0.717, 1.165) is 19.4 Å². The standard InChI is InChI=1S/C15H22FN3O2.HI/c1-15(20,11-4-6-12(16)7-5-11)10-19-14(17)18-9-13-3-2-8-21-13;/h4-7,13,20H,2-3,8-10H2,1H3,(H3,17,18,19);1H. The molecule has 0 spiro atoms. The Morgan fingerprint density at radius 2 is 2.18 bits per heavy atom. The molecule has 1 fully saturated rings. The summed E-state index contributed by atoms with van der Waals surface area (Å²) < 4.78 is 18.4. The number of guanidine groups is 1. The van der Waals surface area contributed by atoms with E-state index in [1.165, 1.54) is 12.1 Å². The molecule has 2 unspecified atom stereocenters. The van der Waals surface area contributed by atoms with E-state index in [0.29, 0.717) is 12.1 Å². The van der Waals surface area contributed by atoms with Crippen molar-refractivity contribution in [2.45, 2.75) is 31.5 Å². The van der Waals surface area contributed by atoms with Gasteiger partial charge in [-0.25, -0.2) is 4.39 Å². The molecule has 5 nitrogen and oxygen atoms in total. The van der Waals surface area contributed by atoms with Gasteiger partial charge >= 0.3 is 0 Å². The molecule has 1 aliphatic heterocycles. The summed E-state index contributed by atoms with van der Waals surface area (Å²) in [5.74, 6) is -0.0660. The second-order valence-corrected chi connectivity index (χ2v) is 5.50. The average molecular weight is 423 g/mol. The molecule has 0 aliphatic carbocycles. The monoisotopic (exact) mass is 423 g/mol. The number of hydrogen-bond donors (Lipinski definition) is 3. The molecule has 22 heavy (non-hydrogen) atoms. The Kier molecular flexibility index (Phi) is 7.51. The van der Waals surface area contributed by atoms with Gasteiger partial charge in [0.05, 0.1) is 12.6 Å². The van der Waals surface area contributed by atoms with Crippen LogP contribution in [0.3, 0.4) is 0 Å². The third-order valence-electron chi connectivity index (χ3n) is 3.56. The quantitative estimate of drug-likeness (QED) is 0.383. The number of halogens is 2. The lowest BCUT2D eigenvalue weighted by atomic mass is 9.96. The number of aliphatic imine (C=N–C) groups is 1. The second kappa shape index (κ2) is 8.64. The topological polar surface area (TPSA) is 79.9 Å². The number of nitrogens with two attached hydrogens (primary N) is 1. The molecule has 0 bridgehead atoms. The van der Waals surface area contributed by atoms with E-state index >= 15 is 0 Å². The molecule has 1 aromatic rings. The molecular weight excluding hydrogens is 400 g/mol. The van der Waals surface area contributed by atoms with Crippen LogP contribution in [0.15, 0.2) is 29.3 Å². The van der Waals surface area contributed by atoms with Gasteiger partial charge in [0.1, 0.15) is 11.4 Å². The molecule has 0 aromatic heterocycles. The van der Waals surface area contributed by atoms with Gasteiger partial charge < -0.3 is 20.9 Å². The maximum Gasteiger partial charge on any atom is 0.188 e. The summed E-state index contributed by atoms with van der Waals surface area (Å²) in [5, 5.41) is 13.4. The first kappa shape index (κ1) is 19.1. The van der Waals surface area contributed by atoms with Crippen molar-refractivity contribution in [1.29, 1.82) is 0 Å². The van der Waals surface area contributed by atoms with Crippen LogP contribution in [-0.4, -0.2) is 36.9 Å². The van der Waals surface area contributed by atoms with Crippen molar-refractivity contribution in [1.82, 2.24) is 5.32 Å². The van der Waals surface area contributed by atoms with Crippen molar-refractivity contribution in [3.63, 3.8) is 0 Å². The molecule has 1 saturated heterocycles. The largest absolute Gasteiger partial charge is 0.384 e. The molecular formula is C15H23FIN3O2. The van der Waals surface area contributed by atoms with Crippen LogP contribution in [0.2, 0.25) is 0 Å². The van der Waals surface area contributed by atoms with E-state index in [1.807, 2.05) is 0 Å². The minimum atomic E-state index is -1.19. The van der Waals surface area contributed by atoms with E-state index in [1.54, 1.807) is 19.1 Å². The van der Waals surface area contributed by atoms with Crippen LogP contribution in [-0.2, 0) is 10.3 Å². The molecule has 7 heteroatoms. The van der Waals surface area contributed by atoms with Gasteiger partial charge in [-0.1, -0.05) is 12.1 Å². The first-order valence-corrected chi connectivity index (χ1v) is 7.11.